The van der Waals surface area contributed by atoms with Gasteiger partial charge in [0.25, 0.3) is 0 Å². The molecule has 2 fully saturated rings. The van der Waals surface area contributed by atoms with Crippen LogP contribution in [0.5, 0.6) is 11.5 Å². The third-order valence-electron chi connectivity index (χ3n) is 5.63. The minimum atomic E-state index is -0.760. The minimum Gasteiger partial charge on any atom is -0.486 e. The average Bonchev–Trinajstić information content (AvgIpc) is 3.21. The van der Waals surface area contributed by atoms with E-state index in [1.165, 1.54) is 4.90 Å². The predicted octanol–water partition coefficient (Wildman–Crippen LogP) is 0.684. The van der Waals surface area contributed by atoms with E-state index >= 15 is 0 Å². The van der Waals surface area contributed by atoms with Gasteiger partial charge in [0.05, 0.1) is 0 Å². The van der Waals surface area contributed by atoms with E-state index in [0.717, 1.165) is 16.3 Å². The number of nitrogens with zero attached hydrogens (tertiary/aromatic N) is 3. The summed E-state index contributed by atoms with van der Waals surface area (Å²) in [4.78, 5) is 41.3. The Balaban J connectivity index is 1.28. The molecule has 3 aliphatic rings. The minimum absolute atomic E-state index is 0.314. The van der Waals surface area contributed by atoms with Crippen molar-refractivity contribution >= 4 is 29.1 Å². The van der Waals surface area contributed by atoms with Gasteiger partial charge in [0.15, 0.2) is 17.8 Å². The molecule has 0 radical (unpaired) electrons. The van der Waals surface area contributed by atoms with Gasteiger partial charge in [-0.25, -0.2) is 0 Å². The first-order valence-electron chi connectivity index (χ1n) is 10.4. The Hall–Kier alpha value is -3.79. The van der Waals surface area contributed by atoms with Gasteiger partial charge in [0, 0.05) is 30.5 Å². The largest absolute Gasteiger partial charge is 0.486 e. The summed E-state index contributed by atoms with van der Waals surface area (Å²) in [6.45, 7) is 3.61. The molecule has 2 aromatic carbocycles. The summed E-state index contributed by atoms with van der Waals surface area (Å²) in [7, 11) is 0. The van der Waals surface area contributed by atoms with Crippen LogP contribution in [-0.2, 0) is 14.4 Å². The summed E-state index contributed by atoms with van der Waals surface area (Å²) in [6, 6.07) is 13.0. The second kappa shape index (κ2) is 8.04. The number of fused-ring (bicyclic) bond motifs is 2. The van der Waals surface area contributed by atoms with Gasteiger partial charge in [-0.1, -0.05) is 17.7 Å². The van der Waals surface area contributed by atoms with Crippen molar-refractivity contribution in [3.05, 3.63) is 48.0 Å². The van der Waals surface area contributed by atoms with Gasteiger partial charge in [0.1, 0.15) is 19.8 Å². The topological polar surface area (TPSA) is 103 Å². The molecule has 1 unspecified atom stereocenters. The summed E-state index contributed by atoms with van der Waals surface area (Å²) in [5, 5.41) is 3.81. The standard InChI is InChI=1S/C22H23N5O5/c1-14-2-5-16(6-3-14)25-8-9-26-20(29)21(30)27(24-22(25)26)13-19(28)23-15-4-7-17-18(12-15)32-11-10-31-17/h2-7,12,22,24H,8-11,13H2,1H3,(H,23,28). The molecular formula is C22H23N5O5. The maximum atomic E-state index is 12.7. The second-order valence-electron chi connectivity index (χ2n) is 7.83. The number of hydrogen-bond acceptors (Lipinski definition) is 7. The highest BCUT2D eigenvalue weighted by atomic mass is 16.6. The molecule has 166 valence electrons. The molecule has 10 heteroatoms. The Bertz CT molecular complexity index is 1070. The number of hydrogen-bond donors (Lipinski definition) is 2. The van der Waals surface area contributed by atoms with Gasteiger partial charge in [-0.15, -0.1) is 0 Å². The lowest BCUT2D eigenvalue weighted by Gasteiger charge is -2.40. The summed E-state index contributed by atoms with van der Waals surface area (Å²) in [6.07, 6.45) is -0.537. The summed E-state index contributed by atoms with van der Waals surface area (Å²) >= 11 is 0. The van der Waals surface area contributed by atoms with E-state index in [1.54, 1.807) is 18.2 Å². The van der Waals surface area contributed by atoms with Gasteiger partial charge in [-0.3, -0.25) is 24.3 Å². The van der Waals surface area contributed by atoms with E-state index in [-0.39, 0.29) is 6.54 Å². The second-order valence-corrected chi connectivity index (χ2v) is 7.83. The van der Waals surface area contributed by atoms with Crippen LogP contribution >= 0.6 is 0 Å². The molecule has 3 amide bonds. The Morgan fingerprint density at radius 3 is 2.50 bits per heavy atom. The first kappa shape index (κ1) is 20.1. The molecule has 0 aromatic heterocycles. The number of carbonyl (C=O) groups excluding carboxylic acids is 3. The number of amides is 3. The number of hydrazine groups is 1. The van der Waals surface area contributed by atoms with Crippen LogP contribution in [0.2, 0.25) is 0 Å². The van der Waals surface area contributed by atoms with Crippen molar-refractivity contribution in [2.24, 2.45) is 0 Å². The number of benzene rings is 2. The molecule has 2 aromatic rings. The molecule has 0 spiro atoms. The molecule has 3 aliphatic heterocycles. The van der Waals surface area contributed by atoms with Crippen molar-refractivity contribution in [2.75, 3.05) is 43.1 Å². The van der Waals surface area contributed by atoms with Crippen LogP contribution in [0.4, 0.5) is 11.4 Å². The van der Waals surface area contributed by atoms with Crippen molar-refractivity contribution in [1.82, 2.24) is 15.3 Å². The maximum Gasteiger partial charge on any atom is 0.326 e. The summed E-state index contributed by atoms with van der Waals surface area (Å²) in [5.74, 6) is -0.666. The van der Waals surface area contributed by atoms with Crippen molar-refractivity contribution in [2.45, 2.75) is 13.2 Å². The van der Waals surface area contributed by atoms with Crippen molar-refractivity contribution < 1.29 is 23.9 Å². The highest BCUT2D eigenvalue weighted by Crippen LogP contribution is 2.32. The van der Waals surface area contributed by atoms with Crippen LogP contribution in [0.1, 0.15) is 5.56 Å². The number of anilines is 2. The van der Waals surface area contributed by atoms with Crippen molar-refractivity contribution in [1.29, 1.82) is 0 Å². The van der Waals surface area contributed by atoms with Gasteiger partial charge in [-0.2, -0.15) is 5.43 Å². The molecule has 32 heavy (non-hydrogen) atoms. The van der Waals surface area contributed by atoms with Crippen molar-refractivity contribution in [3.8, 4) is 11.5 Å². The molecule has 5 rings (SSSR count). The monoisotopic (exact) mass is 437 g/mol. The smallest absolute Gasteiger partial charge is 0.326 e. The molecule has 1 atom stereocenters. The molecule has 0 aliphatic carbocycles. The van der Waals surface area contributed by atoms with E-state index in [9.17, 15) is 14.4 Å². The molecular weight excluding hydrogens is 414 g/mol. The number of rotatable bonds is 4. The zero-order valence-electron chi connectivity index (χ0n) is 17.5. The SMILES string of the molecule is Cc1ccc(N2CCN3C(=O)C(=O)N(CC(=O)Nc4ccc5c(c4)OCCO5)NC32)cc1. The molecule has 10 nitrogen and oxygen atoms in total. The quantitative estimate of drug-likeness (QED) is 0.678. The lowest BCUT2D eigenvalue weighted by molar-refractivity contribution is -0.163. The fraction of sp³-hybridized carbons (Fsp3) is 0.318. The van der Waals surface area contributed by atoms with E-state index in [1.807, 2.05) is 36.1 Å². The Morgan fingerprint density at radius 1 is 1.00 bits per heavy atom. The van der Waals surface area contributed by atoms with E-state index < -0.39 is 24.0 Å². The highest BCUT2D eigenvalue weighted by molar-refractivity contribution is 6.35. The molecule has 0 saturated carbocycles. The number of nitrogens with one attached hydrogen (secondary N) is 2. The first-order chi connectivity index (χ1) is 15.5. The Labute approximate surface area is 184 Å². The van der Waals surface area contributed by atoms with Gasteiger partial charge in [0.2, 0.25) is 5.91 Å². The summed E-state index contributed by atoms with van der Waals surface area (Å²) < 4.78 is 11.0. The zero-order valence-corrected chi connectivity index (χ0v) is 17.5. The fourth-order valence-corrected chi connectivity index (χ4v) is 4.01. The van der Waals surface area contributed by atoms with Crippen LogP contribution < -0.4 is 25.1 Å². The fourth-order valence-electron chi connectivity index (χ4n) is 4.01. The molecule has 0 bridgehead atoms. The lowest BCUT2D eigenvalue weighted by atomic mass is 10.2. The van der Waals surface area contributed by atoms with Crippen LogP contribution in [0, 0.1) is 6.92 Å². The van der Waals surface area contributed by atoms with E-state index in [4.69, 9.17) is 9.47 Å². The van der Waals surface area contributed by atoms with Gasteiger partial charge in [-0.05, 0) is 31.2 Å². The third kappa shape index (κ3) is 3.69. The number of ether oxygens (including phenoxy) is 2. The van der Waals surface area contributed by atoms with E-state index in [2.05, 4.69) is 10.7 Å². The lowest BCUT2D eigenvalue weighted by Crippen LogP contribution is -2.68. The first-order valence-corrected chi connectivity index (χ1v) is 10.4. The molecule has 2 saturated heterocycles. The van der Waals surface area contributed by atoms with Crippen LogP contribution in [0.15, 0.2) is 42.5 Å². The van der Waals surface area contributed by atoms with E-state index in [0.29, 0.717) is 43.5 Å². The molecule has 2 N–H and O–H groups in total. The van der Waals surface area contributed by atoms with Crippen LogP contribution in [-0.4, -0.2) is 66.8 Å². The third-order valence-corrected chi connectivity index (χ3v) is 5.63. The zero-order chi connectivity index (χ0) is 22.2. The van der Waals surface area contributed by atoms with Crippen molar-refractivity contribution in [3.63, 3.8) is 0 Å². The maximum absolute atomic E-state index is 12.7. The number of carbonyl (C=O) groups is 3. The Morgan fingerprint density at radius 2 is 1.72 bits per heavy atom. The summed E-state index contributed by atoms with van der Waals surface area (Å²) in [5.41, 5.74) is 5.61. The van der Waals surface area contributed by atoms with Gasteiger partial charge < -0.3 is 19.7 Å². The normalized spacial score (nSPS) is 19.8. The predicted molar refractivity (Wildman–Crippen MR) is 115 cm³/mol. The Kier molecular flexibility index (Phi) is 5.06. The highest BCUT2D eigenvalue weighted by Gasteiger charge is 2.45. The van der Waals surface area contributed by atoms with Crippen LogP contribution in [0.3, 0.4) is 0 Å². The molecule has 3 heterocycles. The number of aryl methyl sites for hydroxylation is 1. The average molecular weight is 437 g/mol. The van der Waals surface area contributed by atoms with Gasteiger partial charge >= 0.3 is 11.8 Å². The van der Waals surface area contributed by atoms with Crippen LogP contribution in [0.25, 0.3) is 0 Å².